The standard InChI is InChI=1S/C16H17FN2O4S/c1-9-6-12(24(18,21)22)8-15(10(9)2)19-16(20)13-5-4-11(23-3)7-14(13)17/h4-8H,1-3H3,(H,19,20)(H2,18,21,22). The van der Waals surface area contributed by atoms with Gasteiger partial charge in [0.2, 0.25) is 10.0 Å². The molecule has 0 aliphatic carbocycles. The van der Waals surface area contributed by atoms with Crippen LogP contribution in [0.1, 0.15) is 21.5 Å². The Bertz CT molecular complexity index is 911. The molecule has 0 radical (unpaired) electrons. The number of amides is 1. The number of anilines is 1. The van der Waals surface area contributed by atoms with E-state index in [1.165, 1.54) is 31.4 Å². The number of hydrogen-bond donors (Lipinski definition) is 2. The van der Waals surface area contributed by atoms with Gasteiger partial charge in [-0.25, -0.2) is 17.9 Å². The molecular formula is C16H17FN2O4S. The van der Waals surface area contributed by atoms with Crippen LogP contribution in [0.5, 0.6) is 5.75 Å². The molecule has 3 N–H and O–H groups in total. The molecule has 128 valence electrons. The Morgan fingerprint density at radius 2 is 1.88 bits per heavy atom. The molecule has 2 rings (SSSR count). The zero-order chi connectivity index (χ0) is 18.1. The van der Waals surface area contributed by atoms with Crippen molar-refractivity contribution < 1.29 is 22.3 Å². The van der Waals surface area contributed by atoms with Crippen LogP contribution in [-0.2, 0) is 10.0 Å². The van der Waals surface area contributed by atoms with Crippen LogP contribution in [0, 0.1) is 19.7 Å². The lowest BCUT2D eigenvalue weighted by molar-refractivity contribution is 0.102. The predicted octanol–water partition coefficient (Wildman–Crippen LogP) is 2.35. The number of primary sulfonamides is 1. The first kappa shape index (κ1) is 17.9. The Morgan fingerprint density at radius 3 is 2.42 bits per heavy atom. The lowest BCUT2D eigenvalue weighted by atomic mass is 10.1. The van der Waals surface area contributed by atoms with E-state index >= 15 is 0 Å². The van der Waals surface area contributed by atoms with Crippen molar-refractivity contribution in [1.82, 2.24) is 0 Å². The molecule has 2 aromatic rings. The Balaban J connectivity index is 2.41. The minimum absolute atomic E-state index is 0.129. The van der Waals surface area contributed by atoms with Crippen LogP contribution < -0.4 is 15.2 Å². The molecule has 0 aliphatic heterocycles. The lowest BCUT2D eigenvalue weighted by Crippen LogP contribution is -2.17. The third-order valence-electron chi connectivity index (χ3n) is 3.64. The molecule has 0 saturated carbocycles. The van der Waals surface area contributed by atoms with Gasteiger partial charge in [0.15, 0.2) is 0 Å². The fraction of sp³-hybridized carbons (Fsp3) is 0.188. The highest BCUT2D eigenvalue weighted by molar-refractivity contribution is 7.89. The second kappa shape index (κ2) is 6.58. The van der Waals surface area contributed by atoms with Gasteiger partial charge in [-0.1, -0.05) is 0 Å². The topological polar surface area (TPSA) is 98.5 Å². The van der Waals surface area contributed by atoms with E-state index in [1.807, 2.05) is 0 Å². The Morgan fingerprint density at radius 1 is 1.21 bits per heavy atom. The van der Waals surface area contributed by atoms with Crippen molar-refractivity contribution in [3.63, 3.8) is 0 Å². The molecule has 0 unspecified atom stereocenters. The zero-order valence-electron chi connectivity index (χ0n) is 13.4. The van der Waals surface area contributed by atoms with E-state index in [2.05, 4.69) is 5.32 Å². The van der Waals surface area contributed by atoms with Crippen molar-refractivity contribution in [2.45, 2.75) is 18.7 Å². The Labute approximate surface area is 139 Å². The van der Waals surface area contributed by atoms with E-state index in [-0.39, 0.29) is 21.9 Å². The van der Waals surface area contributed by atoms with E-state index in [4.69, 9.17) is 9.88 Å². The minimum atomic E-state index is -3.92. The summed E-state index contributed by atoms with van der Waals surface area (Å²) in [6.45, 7) is 3.40. The summed E-state index contributed by atoms with van der Waals surface area (Å²) in [6, 6.07) is 6.49. The third kappa shape index (κ3) is 3.72. The summed E-state index contributed by atoms with van der Waals surface area (Å²) >= 11 is 0. The van der Waals surface area contributed by atoms with Crippen molar-refractivity contribution in [2.75, 3.05) is 12.4 Å². The number of methoxy groups -OCH3 is 1. The number of carbonyl (C=O) groups is 1. The van der Waals surface area contributed by atoms with Crippen LogP contribution >= 0.6 is 0 Å². The molecule has 24 heavy (non-hydrogen) atoms. The number of nitrogens with one attached hydrogen (secondary N) is 1. The smallest absolute Gasteiger partial charge is 0.258 e. The molecular weight excluding hydrogens is 335 g/mol. The van der Waals surface area contributed by atoms with Crippen LogP contribution in [-0.4, -0.2) is 21.4 Å². The molecule has 0 atom stereocenters. The number of hydrogen-bond acceptors (Lipinski definition) is 4. The average molecular weight is 352 g/mol. The summed E-state index contributed by atoms with van der Waals surface area (Å²) in [7, 11) is -2.54. The molecule has 2 aromatic carbocycles. The highest BCUT2D eigenvalue weighted by atomic mass is 32.2. The Kier molecular flexibility index (Phi) is 4.91. The predicted molar refractivity (Wildman–Crippen MR) is 88.2 cm³/mol. The molecule has 0 aliphatic rings. The Hall–Kier alpha value is -2.45. The summed E-state index contributed by atoms with van der Waals surface area (Å²) < 4.78 is 41.9. The van der Waals surface area contributed by atoms with Crippen LogP contribution in [0.3, 0.4) is 0 Å². The summed E-state index contributed by atoms with van der Waals surface area (Å²) in [6.07, 6.45) is 0. The zero-order valence-corrected chi connectivity index (χ0v) is 14.2. The molecule has 0 heterocycles. The fourth-order valence-electron chi connectivity index (χ4n) is 2.12. The molecule has 0 aromatic heterocycles. The largest absolute Gasteiger partial charge is 0.497 e. The molecule has 8 heteroatoms. The maximum absolute atomic E-state index is 14.0. The van der Waals surface area contributed by atoms with E-state index in [0.717, 1.165) is 6.07 Å². The fourth-order valence-corrected chi connectivity index (χ4v) is 2.74. The van der Waals surface area contributed by atoms with Crippen molar-refractivity contribution >= 4 is 21.6 Å². The van der Waals surface area contributed by atoms with Gasteiger partial charge in [-0.3, -0.25) is 4.79 Å². The van der Waals surface area contributed by atoms with Crippen LogP contribution in [0.15, 0.2) is 35.2 Å². The van der Waals surface area contributed by atoms with Crippen molar-refractivity contribution in [2.24, 2.45) is 5.14 Å². The SMILES string of the molecule is COc1ccc(C(=O)Nc2cc(S(N)(=O)=O)cc(C)c2C)c(F)c1. The van der Waals surface area contributed by atoms with Crippen LogP contribution in [0.2, 0.25) is 0 Å². The van der Waals surface area contributed by atoms with E-state index in [0.29, 0.717) is 11.1 Å². The summed E-state index contributed by atoms with van der Waals surface area (Å²) in [5, 5.41) is 7.65. The summed E-state index contributed by atoms with van der Waals surface area (Å²) in [4.78, 5) is 12.2. The quantitative estimate of drug-likeness (QED) is 0.882. The number of benzene rings is 2. The number of rotatable bonds is 4. The summed E-state index contributed by atoms with van der Waals surface area (Å²) in [5.41, 5.74) is 1.35. The van der Waals surface area contributed by atoms with Gasteiger partial charge >= 0.3 is 0 Å². The number of aryl methyl sites for hydroxylation is 1. The number of nitrogens with two attached hydrogens (primary N) is 1. The summed E-state index contributed by atoms with van der Waals surface area (Å²) in [5.74, 6) is -1.17. The lowest BCUT2D eigenvalue weighted by Gasteiger charge is -2.13. The first-order chi connectivity index (χ1) is 11.1. The molecule has 0 fully saturated rings. The minimum Gasteiger partial charge on any atom is -0.497 e. The monoisotopic (exact) mass is 352 g/mol. The van der Waals surface area contributed by atoms with E-state index in [1.54, 1.807) is 13.8 Å². The first-order valence-corrected chi connectivity index (χ1v) is 8.47. The molecule has 0 saturated heterocycles. The molecule has 0 bridgehead atoms. The van der Waals surface area contributed by atoms with Gasteiger partial charge in [0.05, 0.1) is 17.6 Å². The normalized spacial score (nSPS) is 11.2. The first-order valence-electron chi connectivity index (χ1n) is 6.92. The van der Waals surface area contributed by atoms with Gasteiger partial charge in [0.1, 0.15) is 11.6 Å². The number of carbonyl (C=O) groups excluding carboxylic acids is 1. The van der Waals surface area contributed by atoms with Gasteiger partial charge in [0.25, 0.3) is 5.91 Å². The number of sulfonamides is 1. The second-order valence-corrected chi connectivity index (χ2v) is 6.82. The van der Waals surface area contributed by atoms with Gasteiger partial charge in [-0.05, 0) is 49.2 Å². The van der Waals surface area contributed by atoms with Gasteiger partial charge < -0.3 is 10.1 Å². The average Bonchev–Trinajstić information content (AvgIpc) is 2.50. The third-order valence-corrected chi connectivity index (χ3v) is 4.53. The van der Waals surface area contributed by atoms with E-state index < -0.39 is 21.7 Å². The molecule has 6 nitrogen and oxygen atoms in total. The van der Waals surface area contributed by atoms with Crippen LogP contribution in [0.25, 0.3) is 0 Å². The van der Waals surface area contributed by atoms with Crippen molar-refractivity contribution in [3.8, 4) is 5.75 Å². The van der Waals surface area contributed by atoms with Gasteiger partial charge in [0, 0.05) is 11.8 Å². The van der Waals surface area contributed by atoms with Gasteiger partial charge in [-0.15, -0.1) is 0 Å². The van der Waals surface area contributed by atoms with Crippen molar-refractivity contribution in [3.05, 3.63) is 52.8 Å². The van der Waals surface area contributed by atoms with Gasteiger partial charge in [-0.2, -0.15) is 0 Å². The molecule has 1 amide bonds. The van der Waals surface area contributed by atoms with Crippen LogP contribution in [0.4, 0.5) is 10.1 Å². The maximum Gasteiger partial charge on any atom is 0.258 e. The second-order valence-electron chi connectivity index (χ2n) is 5.26. The number of halogens is 1. The van der Waals surface area contributed by atoms with E-state index in [9.17, 15) is 17.6 Å². The number of ether oxygens (including phenoxy) is 1. The van der Waals surface area contributed by atoms with Crippen molar-refractivity contribution in [1.29, 1.82) is 0 Å². The highest BCUT2D eigenvalue weighted by Crippen LogP contribution is 2.25. The maximum atomic E-state index is 14.0. The highest BCUT2D eigenvalue weighted by Gasteiger charge is 2.17. The molecule has 0 spiro atoms.